The molecule has 0 aliphatic carbocycles. The van der Waals surface area contributed by atoms with Crippen LogP contribution in [0.3, 0.4) is 0 Å². The summed E-state index contributed by atoms with van der Waals surface area (Å²) in [5.74, 6) is 0.443. The third-order valence-electron chi connectivity index (χ3n) is 1.64. The van der Waals surface area contributed by atoms with Crippen molar-refractivity contribution in [2.45, 2.75) is 13.8 Å². The van der Waals surface area contributed by atoms with E-state index in [4.69, 9.17) is 0 Å². The van der Waals surface area contributed by atoms with E-state index in [1.165, 1.54) is 0 Å². The third kappa shape index (κ3) is 2.82. The Morgan fingerprint density at radius 1 is 1.54 bits per heavy atom. The standard InChI is InChI=1S/C9H14N4/c1-7(2)9-6-11-8(4-12-9)5-13-10-3/h4-7,11H,1-3H3/b8-5-,13-10-. The molecule has 1 aliphatic rings. The fourth-order valence-corrected chi connectivity index (χ4v) is 0.882. The van der Waals surface area contributed by atoms with E-state index in [1.54, 1.807) is 19.5 Å². The fourth-order valence-electron chi connectivity index (χ4n) is 0.882. The van der Waals surface area contributed by atoms with Gasteiger partial charge in [-0.1, -0.05) is 13.8 Å². The molecule has 0 bridgehead atoms. The molecule has 0 spiro atoms. The first-order chi connectivity index (χ1) is 6.24. The summed E-state index contributed by atoms with van der Waals surface area (Å²) in [7, 11) is 1.63. The Labute approximate surface area is 78.2 Å². The van der Waals surface area contributed by atoms with Gasteiger partial charge in [-0.15, -0.1) is 0 Å². The van der Waals surface area contributed by atoms with Crippen molar-refractivity contribution < 1.29 is 0 Å². The summed E-state index contributed by atoms with van der Waals surface area (Å²) >= 11 is 0. The van der Waals surface area contributed by atoms with E-state index in [-0.39, 0.29) is 0 Å². The van der Waals surface area contributed by atoms with Gasteiger partial charge in [0, 0.05) is 13.2 Å². The molecule has 0 aromatic heterocycles. The van der Waals surface area contributed by atoms with Crippen LogP contribution in [0.1, 0.15) is 13.8 Å². The summed E-state index contributed by atoms with van der Waals surface area (Å²) in [4.78, 5) is 4.27. The van der Waals surface area contributed by atoms with Crippen molar-refractivity contribution >= 4 is 6.21 Å². The van der Waals surface area contributed by atoms with Crippen molar-refractivity contribution in [1.29, 1.82) is 0 Å². The van der Waals surface area contributed by atoms with Crippen LogP contribution in [0.2, 0.25) is 0 Å². The van der Waals surface area contributed by atoms with Crippen LogP contribution in [-0.4, -0.2) is 13.3 Å². The van der Waals surface area contributed by atoms with Crippen LogP contribution < -0.4 is 5.32 Å². The number of aliphatic imine (C=N–C) groups is 1. The van der Waals surface area contributed by atoms with Gasteiger partial charge in [0.2, 0.25) is 0 Å². The molecule has 1 heterocycles. The molecule has 70 valence electrons. The van der Waals surface area contributed by atoms with Gasteiger partial charge in [0.15, 0.2) is 0 Å². The summed E-state index contributed by atoms with van der Waals surface area (Å²) in [5, 5.41) is 10.4. The SMILES string of the molecule is C/N=N\C=C1\C=NC(C(C)C)=CN1. The molecule has 1 rings (SSSR count). The van der Waals surface area contributed by atoms with E-state index in [1.807, 2.05) is 6.20 Å². The van der Waals surface area contributed by atoms with Crippen molar-refractivity contribution in [3.8, 4) is 0 Å². The van der Waals surface area contributed by atoms with Gasteiger partial charge in [-0.05, 0) is 5.92 Å². The Hall–Kier alpha value is -1.45. The highest BCUT2D eigenvalue weighted by atomic mass is 15.1. The highest BCUT2D eigenvalue weighted by molar-refractivity contribution is 5.79. The Balaban J connectivity index is 2.63. The van der Waals surface area contributed by atoms with E-state index in [2.05, 4.69) is 34.4 Å². The van der Waals surface area contributed by atoms with Crippen molar-refractivity contribution in [3.05, 3.63) is 23.8 Å². The number of hydrogen-bond donors (Lipinski definition) is 1. The predicted octanol–water partition coefficient (Wildman–Crippen LogP) is 2.08. The lowest BCUT2D eigenvalue weighted by Gasteiger charge is -2.11. The number of allylic oxidation sites excluding steroid dienone is 2. The summed E-state index contributed by atoms with van der Waals surface area (Å²) in [6.07, 6.45) is 5.28. The first-order valence-electron chi connectivity index (χ1n) is 4.24. The van der Waals surface area contributed by atoms with Crippen molar-refractivity contribution in [3.63, 3.8) is 0 Å². The highest BCUT2D eigenvalue weighted by Gasteiger charge is 2.04. The average Bonchev–Trinajstić information content (AvgIpc) is 2.15. The molecular formula is C9H14N4. The number of azo groups is 1. The second-order valence-electron chi connectivity index (χ2n) is 3.03. The van der Waals surface area contributed by atoms with E-state index < -0.39 is 0 Å². The zero-order valence-corrected chi connectivity index (χ0v) is 8.15. The molecule has 0 amide bonds. The van der Waals surface area contributed by atoms with Crippen LogP contribution in [0.4, 0.5) is 0 Å². The molecule has 0 radical (unpaired) electrons. The fraction of sp³-hybridized carbons (Fsp3) is 0.444. The lowest BCUT2D eigenvalue weighted by molar-refractivity contribution is 0.743. The largest absolute Gasteiger partial charge is 0.357 e. The molecule has 0 atom stereocenters. The maximum absolute atomic E-state index is 4.27. The summed E-state index contributed by atoms with van der Waals surface area (Å²) < 4.78 is 0. The van der Waals surface area contributed by atoms with Gasteiger partial charge in [0.1, 0.15) is 0 Å². The van der Waals surface area contributed by atoms with E-state index in [9.17, 15) is 0 Å². The first kappa shape index (κ1) is 9.64. The molecule has 4 heteroatoms. The molecular weight excluding hydrogens is 164 g/mol. The minimum Gasteiger partial charge on any atom is -0.357 e. The van der Waals surface area contributed by atoms with Crippen LogP contribution in [0.25, 0.3) is 0 Å². The molecule has 13 heavy (non-hydrogen) atoms. The molecule has 0 fully saturated rings. The van der Waals surface area contributed by atoms with Gasteiger partial charge < -0.3 is 5.32 Å². The van der Waals surface area contributed by atoms with Gasteiger partial charge in [-0.3, -0.25) is 4.99 Å². The van der Waals surface area contributed by atoms with E-state index >= 15 is 0 Å². The minimum atomic E-state index is 0.443. The second-order valence-corrected chi connectivity index (χ2v) is 3.03. The van der Waals surface area contributed by atoms with E-state index in [0.29, 0.717) is 5.92 Å². The number of hydrogen-bond acceptors (Lipinski definition) is 4. The topological polar surface area (TPSA) is 49.1 Å². The smallest absolute Gasteiger partial charge is 0.0771 e. The maximum Gasteiger partial charge on any atom is 0.0771 e. The molecule has 1 N–H and O–H groups in total. The lowest BCUT2D eigenvalue weighted by Crippen LogP contribution is -2.13. The Morgan fingerprint density at radius 3 is 2.77 bits per heavy atom. The zero-order chi connectivity index (χ0) is 9.68. The minimum absolute atomic E-state index is 0.443. The highest BCUT2D eigenvalue weighted by Crippen LogP contribution is 2.12. The molecule has 0 unspecified atom stereocenters. The zero-order valence-electron chi connectivity index (χ0n) is 8.15. The van der Waals surface area contributed by atoms with E-state index in [0.717, 1.165) is 11.4 Å². The Kier molecular flexibility index (Phi) is 3.37. The van der Waals surface area contributed by atoms with Crippen LogP contribution in [-0.2, 0) is 0 Å². The normalized spacial score (nSPS) is 19.7. The van der Waals surface area contributed by atoms with Gasteiger partial charge in [-0.2, -0.15) is 10.2 Å². The monoisotopic (exact) mass is 178 g/mol. The van der Waals surface area contributed by atoms with Crippen molar-refractivity contribution in [2.75, 3.05) is 7.05 Å². The van der Waals surface area contributed by atoms with Crippen molar-refractivity contribution in [1.82, 2.24) is 5.32 Å². The molecule has 1 aliphatic heterocycles. The lowest BCUT2D eigenvalue weighted by atomic mass is 10.1. The third-order valence-corrected chi connectivity index (χ3v) is 1.64. The van der Waals surface area contributed by atoms with Gasteiger partial charge in [0.25, 0.3) is 0 Å². The predicted molar refractivity (Wildman–Crippen MR) is 53.4 cm³/mol. The Bertz CT molecular complexity index is 284. The van der Waals surface area contributed by atoms with Crippen LogP contribution in [0.5, 0.6) is 0 Å². The molecule has 0 aromatic rings. The molecule has 0 saturated carbocycles. The number of rotatable bonds is 2. The summed E-state index contributed by atoms with van der Waals surface area (Å²) in [6.45, 7) is 4.20. The number of nitrogens with one attached hydrogen (secondary N) is 1. The molecule has 0 aromatic carbocycles. The average molecular weight is 178 g/mol. The van der Waals surface area contributed by atoms with Crippen molar-refractivity contribution in [2.24, 2.45) is 21.1 Å². The van der Waals surface area contributed by atoms with Gasteiger partial charge in [0.05, 0.1) is 23.8 Å². The number of nitrogens with zero attached hydrogens (tertiary/aromatic N) is 3. The second kappa shape index (κ2) is 4.54. The summed E-state index contributed by atoms with van der Waals surface area (Å²) in [6, 6.07) is 0. The van der Waals surface area contributed by atoms with Crippen LogP contribution in [0.15, 0.2) is 39.0 Å². The molecule has 0 saturated heterocycles. The van der Waals surface area contributed by atoms with Crippen LogP contribution in [0, 0.1) is 5.92 Å². The first-order valence-corrected chi connectivity index (χ1v) is 4.24. The quantitative estimate of drug-likeness (QED) is 0.646. The Morgan fingerprint density at radius 2 is 2.31 bits per heavy atom. The maximum atomic E-state index is 4.27. The van der Waals surface area contributed by atoms with Crippen LogP contribution >= 0.6 is 0 Å². The molecule has 4 nitrogen and oxygen atoms in total. The van der Waals surface area contributed by atoms with Gasteiger partial charge >= 0.3 is 0 Å². The summed E-state index contributed by atoms with van der Waals surface area (Å²) in [5.41, 5.74) is 1.90. The van der Waals surface area contributed by atoms with Gasteiger partial charge in [-0.25, -0.2) is 0 Å².